The van der Waals surface area contributed by atoms with Crippen LogP contribution in [-0.4, -0.2) is 12.5 Å². The van der Waals surface area contributed by atoms with Crippen molar-refractivity contribution in [1.82, 2.24) is 0 Å². The second-order valence-electron chi connectivity index (χ2n) is 2.32. The molecule has 0 amide bonds. The summed E-state index contributed by atoms with van der Waals surface area (Å²) in [5, 5.41) is 0. The van der Waals surface area contributed by atoms with Crippen molar-refractivity contribution in [3.63, 3.8) is 0 Å². The normalized spacial score (nSPS) is 10.2. The summed E-state index contributed by atoms with van der Waals surface area (Å²) in [7, 11) is 0. The lowest BCUT2D eigenvalue weighted by molar-refractivity contribution is 1.22. The maximum Gasteiger partial charge on any atom is 0.0299 e. The van der Waals surface area contributed by atoms with Gasteiger partial charge in [-0.25, -0.2) is 0 Å². The molecule has 0 saturated carbocycles. The van der Waals surface area contributed by atoms with Crippen LogP contribution in [0.3, 0.4) is 0 Å². The van der Waals surface area contributed by atoms with Crippen molar-refractivity contribution in [1.29, 1.82) is 0 Å². The summed E-state index contributed by atoms with van der Waals surface area (Å²) in [5.74, 6) is 0.713. The van der Waals surface area contributed by atoms with E-state index in [2.05, 4.69) is 30.7 Å². The van der Waals surface area contributed by atoms with Crippen molar-refractivity contribution in [2.45, 2.75) is 15.5 Å². The SMILES string of the molecule is CSc1ccc(C[S])c(SC)c1. The molecule has 1 radical (unpaired) electrons. The molecule has 1 aromatic carbocycles. The quantitative estimate of drug-likeness (QED) is 0.703. The first-order valence-corrected chi connectivity index (χ1v) is 6.63. The number of hydrogen-bond acceptors (Lipinski definition) is 2. The van der Waals surface area contributed by atoms with Gasteiger partial charge in [0.05, 0.1) is 0 Å². The molecule has 0 fully saturated rings. The molecule has 1 rings (SSSR count). The molecule has 0 saturated heterocycles. The summed E-state index contributed by atoms with van der Waals surface area (Å²) in [6.45, 7) is 0. The Morgan fingerprint density at radius 3 is 2.50 bits per heavy atom. The molecule has 0 N–H and O–H groups in total. The summed E-state index contributed by atoms with van der Waals surface area (Å²) >= 11 is 8.57. The predicted molar refractivity (Wildman–Crippen MR) is 61.3 cm³/mol. The molecule has 65 valence electrons. The lowest BCUT2D eigenvalue weighted by Gasteiger charge is -2.05. The summed E-state index contributed by atoms with van der Waals surface area (Å²) in [4.78, 5) is 2.63. The fourth-order valence-electron chi connectivity index (χ4n) is 0.971. The van der Waals surface area contributed by atoms with Crippen molar-refractivity contribution in [3.05, 3.63) is 23.8 Å². The first kappa shape index (κ1) is 10.4. The Balaban J connectivity index is 3.02. The van der Waals surface area contributed by atoms with E-state index in [1.165, 1.54) is 15.4 Å². The maximum atomic E-state index is 5.03. The van der Waals surface area contributed by atoms with Gasteiger partial charge in [-0.3, -0.25) is 0 Å². The Bertz CT molecular complexity index is 258. The van der Waals surface area contributed by atoms with E-state index in [0.29, 0.717) is 5.75 Å². The molecule has 0 aliphatic carbocycles. The molecule has 0 heterocycles. The number of hydrogen-bond donors (Lipinski definition) is 0. The van der Waals surface area contributed by atoms with Gasteiger partial charge in [-0.05, 0) is 30.2 Å². The average molecular weight is 215 g/mol. The van der Waals surface area contributed by atoms with Gasteiger partial charge in [0.15, 0.2) is 0 Å². The Morgan fingerprint density at radius 2 is 2.00 bits per heavy atom. The van der Waals surface area contributed by atoms with Gasteiger partial charge < -0.3 is 0 Å². The maximum absolute atomic E-state index is 5.03. The minimum Gasteiger partial charge on any atom is -0.130 e. The third kappa shape index (κ3) is 2.38. The Hall–Kier alpha value is 0.270. The molecule has 0 atom stereocenters. The Labute approximate surface area is 87.9 Å². The lowest BCUT2D eigenvalue weighted by atomic mass is 10.2. The van der Waals surface area contributed by atoms with Crippen LogP contribution >= 0.6 is 36.2 Å². The standard InChI is InChI=1S/C9H11S3/c1-11-8-4-3-7(6-10)9(5-8)12-2/h3-5H,6H2,1-2H3. The summed E-state index contributed by atoms with van der Waals surface area (Å²) in [6.07, 6.45) is 4.18. The van der Waals surface area contributed by atoms with Crippen molar-refractivity contribution >= 4 is 36.2 Å². The molecule has 0 spiro atoms. The van der Waals surface area contributed by atoms with E-state index in [0.717, 1.165) is 0 Å². The van der Waals surface area contributed by atoms with Gasteiger partial charge in [-0.1, -0.05) is 18.7 Å². The van der Waals surface area contributed by atoms with Gasteiger partial charge in [0.1, 0.15) is 0 Å². The van der Waals surface area contributed by atoms with E-state index < -0.39 is 0 Å². The third-order valence-electron chi connectivity index (χ3n) is 1.65. The highest BCUT2D eigenvalue weighted by Crippen LogP contribution is 2.26. The first-order valence-electron chi connectivity index (χ1n) is 3.61. The van der Waals surface area contributed by atoms with Crippen LogP contribution in [0.5, 0.6) is 0 Å². The van der Waals surface area contributed by atoms with Crippen LogP contribution in [0, 0.1) is 0 Å². The highest BCUT2D eigenvalue weighted by molar-refractivity contribution is 7.99. The average Bonchev–Trinajstić information content (AvgIpc) is 2.16. The fraction of sp³-hybridized carbons (Fsp3) is 0.333. The van der Waals surface area contributed by atoms with Crippen molar-refractivity contribution in [2.24, 2.45) is 0 Å². The summed E-state index contributed by atoms with van der Waals surface area (Å²) in [5.41, 5.74) is 1.27. The Kier molecular flexibility index (Phi) is 4.40. The minimum atomic E-state index is 0.713. The third-order valence-corrected chi connectivity index (χ3v) is 3.51. The van der Waals surface area contributed by atoms with E-state index in [1.807, 2.05) is 0 Å². The molecule has 1 aromatic rings. The topological polar surface area (TPSA) is 0 Å². The second-order valence-corrected chi connectivity index (χ2v) is 4.34. The molecular formula is C9H11S3. The fourth-order valence-corrected chi connectivity index (χ4v) is 2.48. The van der Waals surface area contributed by atoms with Crippen LogP contribution in [0.15, 0.2) is 28.0 Å². The van der Waals surface area contributed by atoms with Gasteiger partial charge in [0.2, 0.25) is 0 Å². The summed E-state index contributed by atoms with van der Waals surface area (Å²) in [6, 6.07) is 6.47. The molecule has 12 heavy (non-hydrogen) atoms. The molecule has 0 aromatic heterocycles. The van der Waals surface area contributed by atoms with Crippen molar-refractivity contribution in [3.8, 4) is 0 Å². The number of rotatable bonds is 3. The predicted octanol–water partition coefficient (Wildman–Crippen LogP) is 3.83. The van der Waals surface area contributed by atoms with Gasteiger partial charge in [0.25, 0.3) is 0 Å². The molecular weight excluding hydrogens is 204 g/mol. The highest BCUT2D eigenvalue weighted by atomic mass is 32.2. The van der Waals surface area contributed by atoms with Crippen LogP contribution in [0.25, 0.3) is 0 Å². The second kappa shape index (κ2) is 5.10. The first-order chi connectivity index (χ1) is 5.81. The van der Waals surface area contributed by atoms with Crippen molar-refractivity contribution in [2.75, 3.05) is 12.5 Å². The molecule has 0 bridgehead atoms. The molecule has 0 nitrogen and oxygen atoms in total. The zero-order chi connectivity index (χ0) is 8.97. The van der Waals surface area contributed by atoms with Gasteiger partial charge >= 0.3 is 0 Å². The lowest BCUT2D eigenvalue weighted by Crippen LogP contribution is -1.83. The van der Waals surface area contributed by atoms with Gasteiger partial charge in [-0.2, -0.15) is 0 Å². The number of thioether (sulfide) groups is 2. The van der Waals surface area contributed by atoms with E-state index in [1.54, 1.807) is 23.5 Å². The van der Waals surface area contributed by atoms with E-state index >= 15 is 0 Å². The van der Waals surface area contributed by atoms with Crippen LogP contribution < -0.4 is 0 Å². The number of benzene rings is 1. The smallest absolute Gasteiger partial charge is 0.0299 e. The van der Waals surface area contributed by atoms with Crippen LogP contribution in [0.4, 0.5) is 0 Å². The van der Waals surface area contributed by atoms with Gasteiger partial charge in [-0.15, -0.1) is 23.5 Å². The Morgan fingerprint density at radius 1 is 1.25 bits per heavy atom. The zero-order valence-electron chi connectivity index (χ0n) is 7.16. The van der Waals surface area contributed by atoms with Crippen LogP contribution in [0.1, 0.15) is 5.56 Å². The van der Waals surface area contributed by atoms with Gasteiger partial charge in [0, 0.05) is 15.5 Å². The van der Waals surface area contributed by atoms with Crippen LogP contribution in [0.2, 0.25) is 0 Å². The van der Waals surface area contributed by atoms with E-state index in [-0.39, 0.29) is 0 Å². The molecule has 3 heteroatoms. The largest absolute Gasteiger partial charge is 0.130 e. The monoisotopic (exact) mass is 215 g/mol. The minimum absolute atomic E-state index is 0.713. The van der Waals surface area contributed by atoms with E-state index in [4.69, 9.17) is 12.6 Å². The van der Waals surface area contributed by atoms with E-state index in [9.17, 15) is 0 Å². The molecule has 0 aliphatic heterocycles. The van der Waals surface area contributed by atoms with Crippen molar-refractivity contribution < 1.29 is 0 Å². The summed E-state index contributed by atoms with van der Waals surface area (Å²) < 4.78 is 0. The van der Waals surface area contributed by atoms with Crippen LogP contribution in [-0.2, 0) is 5.75 Å². The molecule has 0 unspecified atom stereocenters. The highest BCUT2D eigenvalue weighted by Gasteiger charge is 2.00. The molecule has 0 aliphatic rings. The zero-order valence-corrected chi connectivity index (χ0v) is 9.61.